The third kappa shape index (κ3) is 3.12. The van der Waals surface area contributed by atoms with Gasteiger partial charge in [0.2, 0.25) is 5.88 Å². The molecule has 1 aromatic carbocycles. The lowest BCUT2D eigenvalue weighted by atomic mass is 9.98. The van der Waals surface area contributed by atoms with Crippen LogP contribution in [-0.2, 0) is 0 Å². The van der Waals surface area contributed by atoms with Crippen LogP contribution in [0.3, 0.4) is 0 Å². The first-order valence-corrected chi connectivity index (χ1v) is 10.1. The van der Waals surface area contributed by atoms with Gasteiger partial charge in [0, 0.05) is 18.3 Å². The summed E-state index contributed by atoms with van der Waals surface area (Å²) in [5, 5.41) is 8.22. The molecular formula is C22H22FN5O2. The molecule has 4 atom stereocenters. The zero-order chi connectivity index (χ0) is 20.8. The van der Waals surface area contributed by atoms with Crippen LogP contribution in [0.25, 0.3) is 5.69 Å². The van der Waals surface area contributed by atoms with Gasteiger partial charge in [-0.15, -0.1) is 0 Å². The van der Waals surface area contributed by atoms with E-state index < -0.39 is 5.82 Å². The largest absolute Gasteiger partial charge is 0.472 e. The number of hydrogen-bond donors (Lipinski definition) is 0. The Labute approximate surface area is 173 Å². The number of aryl methyl sites for hydroxylation is 1. The Morgan fingerprint density at radius 3 is 2.67 bits per heavy atom. The van der Waals surface area contributed by atoms with E-state index in [2.05, 4.69) is 15.2 Å². The Morgan fingerprint density at radius 1 is 1.17 bits per heavy atom. The van der Waals surface area contributed by atoms with Crippen molar-refractivity contribution in [3.8, 4) is 11.6 Å². The van der Waals surface area contributed by atoms with Gasteiger partial charge < -0.3 is 9.64 Å². The van der Waals surface area contributed by atoms with Gasteiger partial charge in [-0.3, -0.25) is 4.79 Å². The number of pyridine rings is 1. The quantitative estimate of drug-likeness (QED) is 0.664. The van der Waals surface area contributed by atoms with Crippen LogP contribution < -0.4 is 4.74 Å². The molecule has 30 heavy (non-hydrogen) atoms. The molecule has 3 aromatic rings. The van der Waals surface area contributed by atoms with E-state index in [0.717, 1.165) is 18.4 Å². The molecule has 8 heteroatoms. The van der Waals surface area contributed by atoms with Crippen molar-refractivity contribution in [2.45, 2.75) is 44.9 Å². The van der Waals surface area contributed by atoms with Crippen LogP contribution in [0.2, 0.25) is 0 Å². The number of amides is 1. The van der Waals surface area contributed by atoms with Gasteiger partial charge in [0.25, 0.3) is 5.91 Å². The first kappa shape index (κ1) is 18.7. The number of hydrogen-bond acceptors (Lipinski definition) is 5. The molecule has 2 bridgehead atoms. The number of likely N-dealkylation sites (tertiary alicyclic amines) is 1. The van der Waals surface area contributed by atoms with Crippen LogP contribution >= 0.6 is 0 Å². The number of nitrogens with zero attached hydrogens (tertiary/aromatic N) is 5. The Kier molecular flexibility index (Phi) is 4.49. The van der Waals surface area contributed by atoms with Crippen molar-refractivity contribution in [1.29, 1.82) is 0 Å². The molecule has 4 unspecified atom stereocenters. The molecule has 7 nitrogen and oxygen atoms in total. The zero-order valence-electron chi connectivity index (χ0n) is 16.8. The maximum absolute atomic E-state index is 14.1. The molecule has 0 spiro atoms. The number of fused-ring (bicyclic) bond motifs is 2. The fourth-order valence-corrected chi connectivity index (χ4v) is 4.70. The first-order valence-electron chi connectivity index (χ1n) is 10.1. The Morgan fingerprint density at radius 2 is 1.97 bits per heavy atom. The van der Waals surface area contributed by atoms with Gasteiger partial charge in [-0.05, 0) is 56.4 Å². The number of ether oxygens (including phenoxy) is 1. The summed E-state index contributed by atoms with van der Waals surface area (Å²) < 4.78 is 20.2. The molecule has 2 fully saturated rings. The smallest absolute Gasteiger partial charge is 0.256 e. The van der Waals surface area contributed by atoms with E-state index >= 15 is 0 Å². The maximum atomic E-state index is 14.1. The van der Waals surface area contributed by atoms with Crippen LogP contribution in [0.1, 0.15) is 35.7 Å². The number of benzene rings is 1. The monoisotopic (exact) mass is 407 g/mol. The molecule has 2 aromatic heterocycles. The van der Waals surface area contributed by atoms with Crippen molar-refractivity contribution in [3.05, 3.63) is 65.9 Å². The number of carbonyl (C=O) groups excluding carboxylic acids is 1. The van der Waals surface area contributed by atoms with Crippen molar-refractivity contribution in [2.24, 2.45) is 5.92 Å². The average Bonchev–Trinajstić information content (AvgIpc) is 3.46. The molecule has 1 aliphatic carbocycles. The van der Waals surface area contributed by atoms with E-state index in [-0.39, 0.29) is 29.7 Å². The molecule has 3 heterocycles. The summed E-state index contributed by atoms with van der Waals surface area (Å²) in [4.78, 5) is 21.1. The minimum atomic E-state index is -0.470. The van der Waals surface area contributed by atoms with Gasteiger partial charge in [0.1, 0.15) is 11.9 Å². The van der Waals surface area contributed by atoms with Gasteiger partial charge in [-0.1, -0.05) is 6.07 Å². The number of halogens is 1. The second kappa shape index (κ2) is 7.19. The summed E-state index contributed by atoms with van der Waals surface area (Å²) in [5.74, 6) is 0.203. The lowest BCUT2D eigenvalue weighted by Gasteiger charge is -2.38. The predicted octanol–water partition coefficient (Wildman–Crippen LogP) is 3.18. The summed E-state index contributed by atoms with van der Waals surface area (Å²) in [6.07, 6.45) is 6.43. The summed E-state index contributed by atoms with van der Waals surface area (Å²) in [6, 6.07) is 7.88. The van der Waals surface area contributed by atoms with E-state index in [1.165, 1.54) is 35.4 Å². The molecule has 0 N–H and O–H groups in total. The third-order valence-electron chi connectivity index (χ3n) is 6.20. The summed E-state index contributed by atoms with van der Waals surface area (Å²) >= 11 is 0. The van der Waals surface area contributed by atoms with Crippen molar-refractivity contribution < 1.29 is 13.9 Å². The highest BCUT2D eigenvalue weighted by molar-refractivity contribution is 5.98. The Bertz CT molecular complexity index is 1070. The summed E-state index contributed by atoms with van der Waals surface area (Å²) in [7, 11) is 0. The van der Waals surface area contributed by atoms with E-state index in [1.54, 1.807) is 6.20 Å². The van der Waals surface area contributed by atoms with Gasteiger partial charge in [0.15, 0.2) is 0 Å². The highest BCUT2D eigenvalue weighted by atomic mass is 19.1. The van der Waals surface area contributed by atoms with Crippen molar-refractivity contribution in [2.75, 3.05) is 0 Å². The van der Waals surface area contributed by atoms with Crippen LogP contribution in [0.4, 0.5) is 4.39 Å². The van der Waals surface area contributed by atoms with Gasteiger partial charge in [0.05, 0.1) is 29.7 Å². The number of piperidine rings is 1. The third-order valence-corrected chi connectivity index (χ3v) is 6.20. The normalized spacial score (nSPS) is 25.0. The van der Waals surface area contributed by atoms with E-state index in [0.29, 0.717) is 17.5 Å². The highest BCUT2D eigenvalue weighted by Crippen LogP contribution is 2.44. The average molecular weight is 407 g/mol. The van der Waals surface area contributed by atoms with E-state index in [4.69, 9.17) is 4.74 Å². The lowest BCUT2D eigenvalue weighted by molar-refractivity contribution is 0.0313. The molecule has 1 saturated heterocycles. The topological polar surface area (TPSA) is 73.1 Å². The van der Waals surface area contributed by atoms with Gasteiger partial charge in [-0.25, -0.2) is 9.37 Å². The summed E-state index contributed by atoms with van der Waals surface area (Å²) in [6.45, 7) is 4.02. The van der Waals surface area contributed by atoms with E-state index in [1.807, 2.05) is 30.9 Å². The highest BCUT2D eigenvalue weighted by Gasteiger charge is 2.53. The predicted molar refractivity (Wildman–Crippen MR) is 107 cm³/mol. The second-order valence-corrected chi connectivity index (χ2v) is 8.06. The Hall–Kier alpha value is -3.29. The molecule has 1 saturated carbocycles. The van der Waals surface area contributed by atoms with Crippen molar-refractivity contribution in [1.82, 2.24) is 24.9 Å². The van der Waals surface area contributed by atoms with Gasteiger partial charge >= 0.3 is 0 Å². The molecule has 1 aliphatic heterocycles. The van der Waals surface area contributed by atoms with Crippen LogP contribution in [0, 0.1) is 18.7 Å². The molecular weight excluding hydrogens is 385 g/mol. The zero-order valence-corrected chi connectivity index (χ0v) is 16.8. The standard InChI is InChI=1S/C22H22FN5O2/c1-13-3-6-21(24-12-13)30-20-10-15-9-19(20)27(14(15)2)22(29)17-11-16(23)4-5-18(17)28-25-7-8-26-28/h3-8,11-12,14-15,19-20H,9-10H2,1-2H3. The lowest BCUT2D eigenvalue weighted by Crippen LogP contribution is -2.51. The van der Waals surface area contributed by atoms with Crippen LogP contribution in [0.5, 0.6) is 5.88 Å². The maximum Gasteiger partial charge on any atom is 0.256 e. The number of aromatic nitrogens is 4. The Balaban J connectivity index is 1.45. The van der Waals surface area contributed by atoms with Gasteiger partial charge in [-0.2, -0.15) is 15.0 Å². The SMILES string of the molecule is Cc1ccc(OC2CC3CC2N(C(=O)c2cc(F)ccc2-n2nccn2)C3C)nc1. The minimum absolute atomic E-state index is 0.0509. The molecule has 1 amide bonds. The molecule has 0 radical (unpaired) electrons. The fourth-order valence-electron chi connectivity index (χ4n) is 4.70. The molecule has 2 aliphatic rings. The number of carbonyl (C=O) groups is 1. The van der Waals surface area contributed by atoms with Crippen LogP contribution in [-0.4, -0.2) is 49.0 Å². The fraction of sp³-hybridized carbons (Fsp3) is 0.364. The first-order chi connectivity index (χ1) is 14.5. The molecule has 5 rings (SSSR count). The second-order valence-electron chi connectivity index (χ2n) is 8.06. The molecule has 154 valence electrons. The number of rotatable bonds is 4. The van der Waals surface area contributed by atoms with Crippen LogP contribution in [0.15, 0.2) is 48.9 Å². The summed E-state index contributed by atoms with van der Waals surface area (Å²) in [5.41, 5.74) is 1.77. The van der Waals surface area contributed by atoms with Crippen molar-refractivity contribution in [3.63, 3.8) is 0 Å². The van der Waals surface area contributed by atoms with Crippen molar-refractivity contribution >= 4 is 5.91 Å². The minimum Gasteiger partial charge on any atom is -0.472 e. The van der Waals surface area contributed by atoms with E-state index in [9.17, 15) is 9.18 Å².